The van der Waals surface area contributed by atoms with E-state index in [4.69, 9.17) is 0 Å². The molecule has 0 bridgehead atoms. The zero-order valence-electron chi connectivity index (χ0n) is 24.1. The Morgan fingerprint density at radius 2 is 1.73 bits per heavy atom. The first-order chi connectivity index (χ1) is 19.6. The number of nitrogens with one attached hydrogen (secondary N) is 1. The highest BCUT2D eigenvalue weighted by atomic mass is 79.9. The number of hydrogen-bond donors (Lipinski definition) is 2. The van der Waals surface area contributed by atoms with Crippen molar-refractivity contribution in [3.63, 3.8) is 0 Å². The number of nitrogens with zero attached hydrogens (tertiary/aromatic N) is 1. The molecule has 2 unspecified atom stereocenters. The van der Waals surface area contributed by atoms with Gasteiger partial charge in [0.1, 0.15) is 17.9 Å². The van der Waals surface area contributed by atoms with Gasteiger partial charge >= 0.3 is 0 Å². The number of quaternary nitrogens is 2. The largest absolute Gasteiger partial charge is 0.345 e. The first-order valence-electron chi connectivity index (χ1n) is 16.4. The van der Waals surface area contributed by atoms with E-state index in [0.717, 1.165) is 51.6 Å². The van der Waals surface area contributed by atoms with Crippen LogP contribution in [0.25, 0.3) is 0 Å². The third kappa shape index (κ3) is 4.98. The lowest BCUT2D eigenvalue weighted by atomic mass is 9.67. The average Bonchev–Trinajstić information content (AvgIpc) is 3.68. The molecule has 2 aromatic carbocycles. The Kier molecular flexibility index (Phi) is 7.83. The zero-order valence-corrected chi connectivity index (χ0v) is 25.7. The topological polar surface area (TPSA) is 41.4 Å². The van der Waals surface area contributed by atoms with Gasteiger partial charge in [0.25, 0.3) is 0 Å². The van der Waals surface area contributed by atoms with Crippen LogP contribution in [0.5, 0.6) is 0 Å². The van der Waals surface area contributed by atoms with E-state index in [1.54, 1.807) is 4.90 Å². The molecule has 3 N–H and O–H groups in total. The summed E-state index contributed by atoms with van der Waals surface area (Å²) in [5.74, 6) is 1.82. The molecular formula is C35H48BrN3O+2. The van der Waals surface area contributed by atoms with Crippen molar-refractivity contribution in [1.82, 2.24) is 4.90 Å². The van der Waals surface area contributed by atoms with Crippen molar-refractivity contribution in [2.75, 3.05) is 26.2 Å². The van der Waals surface area contributed by atoms with Crippen LogP contribution in [0.1, 0.15) is 93.2 Å². The molecule has 2 aliphatic carbocycles. The van der Waals surface area contributed by atoms with Crippen LogP contribution in [0.2, 0.25) is 0 Å². The summed E-state index contributed by atoms with van der Waals surface area (Å²) in [7, 11) is 0. The highest BCUT2D eigenvalue weighted by molar-refractivity contribution is 9.10. The normalized spacial score (nSPS) is 33.4. The Morgan fingerprint density at radius 3 is 2.52 bits per heavy atom. The predicted molar refractivity (Wildman–Crippen MR) is 163 cm³/mol. The maximum absolute atomic E-state index is 15.0. The quantitative estimate of drug-likeness (QED) is 0.526. The smallest absolute Gasteiger partial charge is 0.233 e. The fourth-order valence-corrected chi connectivity index (χ4v) is 10.2. The van der Waals surface area contributed by atoms with E-state index in [1.807, 2.05) is 0 Å². The number of halogens is 1. The minimum atomic E-state index is -0.0450. The number of carbonyl (C=O) groups excluding carboxylic acids is 1. The molecule has 2 saturated heterocycles. The summed E-state index contributed by atoms with van der Waals surface area (Å²) in [6, 6.07) is 19.3. The highest BCUT2D eigenvalue weighted by Crippen LogP contribution is 2.43. The maximum atomic E-state index is 15.0. The van der Waals surface area contributed by atoms with Crippen molar-refractivity contribution in [1.29, 1.82) is 0 Å². The second-order valence-corrected chi connectivity index (χ2v) is 14.8. The minimum absolute atomic E-state index is 0.0450. The van der Waals surface area contributed by atoms with Crippen molar-refractivity contribution in [2.24, 2.45) is 11.8 Å². The van der Waals surface area contributed by atoms with Gasteiger partial charge in [-0.05, 0) is 86.5 Å². The Bertz CT molecular complexity index is 1190. The third-order valence-electron chi connectivity index (χ3n) is 11.8. The molecule has 2 aromatic rings. The highest BCUT2D eigenvalue weighted by Gasteiger charge is 2.59. The molecule has 214 valence electrons. The van der Waals surface area contributed by atoms with Gasteiger partial charge in [-0.15, -0.1) is 0 Å². The predicted octanol–water partition coefficient (Wildman–Crippen LogP) is 4.58. The standard InChI is InChI=1S/C35H46BrN3O/c36-29-15-16-31-28(19-29)22-38(30-13-7-8-14-30)24-35(31)23-37-21-32(35)34(40)39-18-17-27(25-9-3-1-4-10-25)20-33(39)26-11-5-2-6-12-26/h1,3-4,9-10,15-16,19,26-27,30,32-33,37H,2,5-8,11-14,17-18,20-24H2/p+2/t27-,32?,33+,35-/m1/s1. The molecule has 0 aromatic heterocycles. The number of carbonyl (C=O) groups is 1. The Labute approximate surface area is 249 Å². The number of amides is 1. The van der Waals surface area contributed by atoms with E-state index in [-0.39, 0.29) is 11.3 Å². The van der Waals surface area contributed by atoms with E-state index < -0.39 is 0 Å². The number of nitrogens with two attached hydrogens (primary N) is 1. The Morgan fingerprint density at radius 1 is 0.950 bits per heavy atom. The molecular weight excluding hydrogens is 558 g/mol. The van der Waals surface area contributed by atoms with E-state index in [2.05, 4.69) is 74.7 Å². The molecule has 2 saturated carbocycles. The maximum Gasteiger partial charge on any atom is 0.233 e. The van der Waals surface area contributed by atoms with Gasteiger partial charge in [-0.2, -0.15) is 0 Å². The van der Waals surface area contributed by atoms with Gasteiger partial charge in [0.15, 0.2) is 0 Å². The van der Waals surface area contributed by atoms with Gasteiger partial charge in [0.05, 0.1) is 25.7 Å². The second-order valence-electron chi connectivity index (χ2n) is 13.9. The molecule has 5 atom stereocenters. The molecule has 3 aliphatic heterocycles. The molecule has 4 fully saturated rings. The number of hydrogen-bond acceptors (Lipinski definition) is 1. The number of fused-ring (bicyclic) bond motifs is 2. The third-order valence-corrected chi connectivity index (χ3v) is 12.3. The summed E-state index contributed by atoms with van der Waals surface area (Å²) in [4.78, 5) is 19.2. The lowest BCUT2D eigenvalue weighted by molar-refractivity contribution is -0.945. The SMILES string of the molecule is O=C(C1C[NH2+]C[C@]12C[NH+](C1CCCC1)Cc1cc(Br)ccc12)N1CC[C@@H](c2ccccc2)C[C@H]1C1CCCCC1. The molecule has 7 rings (SSSR count). The summed E-state index contributed by atoms with van der Waals surface area (Å²) in [5, 5.41) is 2.48. The summed E-state index contributed by atoms with van der Waals surface area (Å²) < 4.78 is 1.18. The summed E-state index contributed by atoms with van der Waals surface area (Å²) >= 11 is 3.78. The number of likely N-dealkylation sites (tertiary alicyclic amines) is 1. The van der Waals surface area contributed by atoms with Gasteiger partial charge < -0.3 is 15.1 Å². The summed E-state index contributed by atoms with van der Waals surface area (Å²) in [6.45, 7) is 5.19. The van der Waals surface area contributed by atoms with Crippen molar-refractivity contribution in [2.45, 2.75) is 101 Å². The van der Waals surface area contributed by atoms with Crippen LogP contribution in [0, 0.1) is 11.8 Å². The van der Waals surface area contributed by atoms with Crippen molar-refractivity contribution in [3.05, 3.63) is 69.7 Å². The molecule has 1 spiro atoms. The van der Waals surface area contributed by atoms with Crippen LogP contribution in [0.15, 0.2) is 53.0 Å². The average molecular weight is 607 g/mol. The number of rotatable bonds is 4. The van der Waals surface area contributed by atoms with Crippen LogP contribution >= 0.6 is 15.9 Å². The Hall–Kier alpha value is -1.69. The van der Waals surface area contributed by atoms with Gasteiger partial charge in [-0.1, -0.05) is 71.6 Å². The van der Waals surface area contributed by atoms with Crippen LogP contribution in [-0.4, -0.2) is 49.1 Å². The lowest BCUT2D eigenvalue weighted by Gasteiger charge is -2.48. The molecule has 1 amide bonds. The van der Waals surface area contributed by atoms with Gasteiger partial charge in [0.2, 0.25) is 5.91 Å². The molecule has 40 heavy (non-hydrogen) atoms. The molecule has 3 heterocycles. The second kappa shape index (κ2) is 11.5. The van der Waals surface area contributed by atoms with Crippen molar-refractivity contribution in [3.8, 4) is 0 Å². The van der Waals surface area contributed by atoms with E-state index in [0.29, 0.717) is 23.8 Å². The zero-order chi connectivity index (χ0) is 27.1. The molecule has 5 aliphatic rings. The first-order valence-corrected chi connectivity index (χ1v) is 17.2. The van der Waals surface area contributed by atoms with E-state index in [1.165, 1.54) is 79.0 Å². The van der Waals surface area contributed by atoms with Gasteiger partial charge in [-0.25, -0.2) is 0 Å². The summed E-state index contributed by atoms with van der Waals surface area (Å²) in [6.07, 6.45) is 14.3. The van der Waals surface area contributed by atoms with Gasteiger partial charge in [-0.3, -0.25) is 4.79 Å². The van der Waals surface area contributed by atoms with Crippen LogP contribution in [0.4, 0.5) is 0 Å². The first kappa shape index (κ1) is 27.2. The fourth-order valence-electron chi connectivity index (χ4n) is 9.80. The lowest BCUT2D eigenvalue weighted by Crippen LogP contribution is -3.17. The number of piperidine rings is 1. The van der Waals surface area contributed by atoms with Crippen molar-refractivity contribution >= 4 is 21.8 Å². The van der Waals surface area contributed by atoms with Gasteiger partial charge in [0, 0.05) is 22.6 Å². The van der Waals surface area contributed by atoms with E-state index in [9.17, 15) is 4.79 Å². The monoisotopic (exact) mass is 605 g/mol. The van der Waals surface area contributed by atoms with Crippen LogP contribution < -0.4 is 10.2 Å². The molecule has 0 radical (unpaired) electrons. The fraction of sp³-hybridized carbons (Fsp3) is 0.629. The summed E-state index contributed by atoms with van der Waals surface area (Å²) in [5.41, 5.74) is 4.40. The van der Waals surface area contributed by atoms with Crippen LogP contribution in [-0.2, 0) is 16.8 Å². The number of benzene rings is 2. The molecule has 4 nitrogen and oxygen atoms in total. The van der Waals surface area contributed by atoms with Crippen molar-refractivity contribution < 1.29 is 15.0 Å². The molecule has 5 heteroatoms. The van der Waals surface area contributed by atoms with Crippen LogP contribution in [0.3, 0.4) is 0 Å². The minimum Gasteiger partial charge on any atom is -0.345 e. The van der Waals surface area contributed by atoms with E-state index >= 15 is 0 Å². The Balaban J connectivity index is 1.21.